The maximum Gasteiger partial charge on any atom is 0.164 e. The molecule has 0 spiro atoms. The standard InChI is InChI=1S/C33H21BrN4/c34-25-18-14-23(15-19-25)32-35-31(22-8-2-1-3-9-22)36-33(37-32)24-16-20-26(21-17-24)38-29-12-6-4-10-27(29)28-11-5-7-13-30(28)38/h1-21H. The summed E-state index contributed by atoms with van der Waals surface area (Å²) in [7, 11) is 0. The highest BCUT2D eigenvalue weighted by molar-refractivity contribution is 9.10. The van der Waals surface area contributed by atoms with Gasteiger partial charge in [0.1, 0.15) is 0 Å². The van der Waals surface area contributed by atoms with E-state index in [1.807, 2.05) is 54.6 Å². The molecule has 0 fully saturated rings. The first-order valence-corrected chi connectivity index (χ1v) is 13.2. The molecule has 0 saturated carbocycles. The van der Waals surface area contributed by atoms with Crippen molar-refractivity contribution in [2.75, 3.05) is 0 Å². The molecule has 0 saturated heterocycles. The van der Waals surface area contributed by atoms with Gasteiger partial charge in [-0.2, -0.15) is 0 Å². The van der Waals surface area contributed by atoms with E-state index >= 15 is 0 Å². The lowest BCUT2D eigenvalue weighted by atomic mass is 10.1. The first-order valence-electron chi connectivity index (χ1n) is 12.4. The third kappa shape index (κ3) is 3.98. The molecule has 0 bridgehead atoms. The summed E-state index contributed by atoms with van der Waals surface area (Å²) in [6.45, 7) is 0. The Morgan fingerprint density at radius 1 is 0.421 bits per heavy atom. The number of hydrogen-bond donors (Lipinski definition) is 0. The summed E-state index contributed by atoms with van der Waals surface area (Å²) in [5.74, 6) is 1.94. The molecule has 7 rings (SSSR count). The monoisotopic (exact) mass is 552 g/mol. The van der Waals surface area contributed by atoms with Crippen molar-refractivity contribution in [1.29, 1.82) is 0 Å². The number of fused-ring (bicyclic) bond motifs is 3. The van der Waals surface area contributed by atoms with Crippen LogP contribution in [0.15, 0.2) is 132 Å². The Balaban J connectivity index is 1.36. The molecule has 0 radical (unpaired) electrons. The average Bonchev–Trinajstić information content (AvgIpc) is 3.32. The highest BCUT2D eigenvalue weighted by atomic mass is 79.9. The highest BCUT2D eigenvalue weighted by Gasteiger charge is 2.14. The molecule has 2 heterocycles. The van der Waals surface area contributed by atoms with Gasteiger partial charge in [0, 0.05) is 37.6 Å². The largest absolute Gasteiger partial charge is 0.309 e. The molecule has 4 nitrogen and oxygen atoms in total. The second-order valence-electron chi connectivity index (χ2n) is 9.10. The van der Waals surface area contributed by atoms with Gasteiger partial charge < -0.3 is 4.57 Å². The molecule has 0 N–H and O–H groups in total. The quantitative estimate of drug-likeness (QED) is 0.219. The maximum absolute atomic E-state index is 4.88. The van der Waals surface area contributed by atoms with Crippen LogP contribution in [0.4, 0.5) is 0 Å². The van der Waals surface area contributed by atoms with Gasteiger partial charge in [-0.15, -0.1) is 0 Å². The van der Waals surface area contributed by atoms with Crippen molar-refractivity contribution in [3.05, 3.63) is 132 Å². The molecule has 7 aromatic rings. The van der Waals surface area contributed by atoms with Crippen LogP contribution in [0.2, 0.25) is 0 Å². The van der Waals surface area contributed by atoms with E-state index in [9.17, 15) is 0 Å². The smallest absolute Gasteiger partial charge is 0.164 e. The molecule has 0 aliphatic carbocycles. The van der Waals surface area contributed by atoms with E-state index in [1.165, 1.54) is 21.8 Å². The fraction of sp³-hybridized carbons (Fsp3) is 0. The van der Waals surface area contributed by atoms with Crippen LogP contribution < -0.4 is 0 Å². The molecule has 5 heteroatoms. The lowest BCUT2D eigenvalue weighted by Crippen LogP contribution is -2.00. The predicted molar refractivity (Wildman–Crippen MR) is 158 cm³/mol. The minimum Gasteiger partial charge on any atom is -0.309 e. The Bertz CT molecular complexity index is 1850. The number of hydrogen-bond acceptors (Lipinski definition) is 3. The van der Waals surface area contributed by atoms with E-state index < -0.39 is 0 Å². The molecular weight excluding hydrogens is 532 g/mol. The molecule has 38 heavy (non-hydrogen) atoms. The molecule has 0 atom stereocenters. The second-order valence-corrected chi connectivity index (χ2v) is 10.0. The molecule has 0 unspecified atom stereocenters. The van der Waals surface area contributed by atoms with Gasteiger partial charge in [-0.25, -0.2) is 15.0 Å². The summed E-state index contributed by atoms with van der Waals surface area (Å²) in [5.41, 5.74) is 6.30. The summed E-state index contributed by atoms with van der Waals surface area (Å²) in [6, 6.07) is 43.6. The minimum absolute atomic E-state index is 0.644. The van der Waals surface area contributed by atoms with E-state index in [0.29, 0.717) is 17.5 Å². The van der Waals surface area contributed by atoms with Crippen molar-refractivity contribution in [3.8, 4) is 39.9 Å². The Hall–Kier alpha value is -4.61. The van der Waals surface area contributed by atoms with Gasteiger partial charge in [0.15, 0.2) is 17.5 Å². The van der Waals surface area contributed by atoms with Gasteiger partial charge in [0.2, 0.25) is 0 Å². The molecular formula is C33H21BrN4. The van der Waals surface area contributed by atoms with Crippen LogP contribution in [0.1, 0.15) is 0 Å². The average molecular weight is 553 g/mol. The summed E-state index contributed by atoms with van der Waals surface area (Å²) >= 11 is 3.52. The fourth-order valence-corrected chi connectivity index (χ4v) is 5.17. The third-order valence-electron chi connectivity index (χ3n) is 6.73. The van der Waals surface area contributed by atoms with Crippen molar-refractivity contribution >= 4 is 37.7 Å². The molecule has 180 valence electrons. The number of halogens is 1. The van der Waals surface area contributed by atoms with Crippen LogP contribution in [0.25, 0.3) is 61.7 Å². The minimum atomic E-state index is 0.644. The van der Waals surface area contributed by atoms with Gasteiger partial charge in [-0.05, 0) is 48.5 Å². The van der Waals surface area contributed by atoms with Crippen molar-refractivity contribution < 1.29 is 0 Å². The Morgan fingerprint density at radius 2 is 0.842 bits per heavy atom. The Kier molecular flexibility index (Phi) is 5.56. The van der Waals surface area contributed by atoms with Crippen LogP contribution in [0, 0.1) is 0 Å². The van der Waals surface area contributed by atoms with Crippen molar-refractivity contribution in [1.82, 2.24) is 19.5 Å². The molecule has 0 aliphatic rings. The number of para-hydroxylation sites is 2. The maximum atomic E-state index is 4.88. The highest BCUT2D eigenvalue weighted by Crippen LogP contribution is 2.32. The molecule has 0 aliphatic heterocycles. The Morgan fingerprint density at radius 3 is 1.37 bits per heavy atom. The van der Waals surface area contributed by atoms with E-state index in [0.717, 1.165) is 26.9 Å². The van der Waals surface area contributed by atoms with Crippen LogP contribution in [-0.4, -0.2) is 19.5 Å². The van der Waals surface area contributed by atoms with E-state index in [2.05, 4.69) is 93.3 Å². The van der Waals surface area contributed by atoms with Crippen molar-refractivity contribution in [2.24, 2.45) is 0 Å². The fourth-order valence-electron chi connectivity index (χ4n) is 4.91. The lowest BCUT2D eigenvalue weighted by Gasteiger charge is -2.10. The number of aromatic nitrogens is 4. The van der Waals surface area contributed by atoms with Gasteiger partial charge >= 0.3 is 0 Å². The van der Waals surface area contributed by atoms with Crippen LogP contribution in [0.3, 0.4) is 0 Å². The molecule has 5 aromatic carbocycles. The number of benzene rings is 5. The second kappa shape index (κ2) is 9.36. The summed E-state index contributed by atoms with van der Waals surface area (Å²) in [4.78, 5) is 14.6. The van der Waals surface area contributed by atoms with E-state index in [4.69, 9.17) is 15.0 Å². The normalized spacial score (nSPS) is 11.3. The zero-order chi connectivity index (χ0) is 25.5. The topological polar surface area (TPSA) is 43.6 Å². The van der Waals surface area contributed by atoms with Gasteiger partial charge in [-0.3, -0.25) is 0 Å². The van der Waals surface area contributed by atoms with Crippen LogP contribution in [-0.2, 0) is 0 Å². The predicted octanol–water partition coefficient (Wildman–Crippen LogP) is 8.73. The number of rotatable bonds is 4. The first kappa shape index (κ1) is 22.6. The SMILES string of the molecule is Brc1ccc(-c2nc(-c3ccccc3)nc(-c3ccc(-n4c5ccccc5c5ccccc54)cc3)n2)cc1. The van der Waals surface area contributed by atoms with Gasteiger partial charge in [-0.1, -0.05) is 94.8 Å². The van der Waals surface area contributed by atoms with E-state index in [1.54, 1.807) is 0 Å². The first-order chi connectivity index (χ1) is 18.7. The van der Waals surface area contributed by atoms with Crippen molar-refractivity contribution in [2.45, 2.75) is 0 Å². The van der Waals surface area contributed by atoms with Crippen LogP contribution in [0.5, 0.6) is 0 Å². The van der Waals surface area contributed by atoms with Gasteiger partial charge in [0.25, 0.3) is 0 Å². The zero-order valence-corrected chi connectivity index (χ0v) is 21.9. The summed E-state index contributed by atoms with van der Waals surface area (Å²) in [5, 5.41) is 2.49. The zero-order valence-electron chi connectivity index (χ0n) is 20.3. The Labute approximate surface area is 228 Å². The van der Waals surface area contributed by atoms with Crippen LogP contribution >= 0.6 is 15.9 Å². The lowest BCUT2D eigenvalue weighted by molar-refractivity contribution is 1.07. The molecule has 2 aromatic heterocycles. The molecule has 0 amide bonds. The van der Waals surface area contributed by atoms with E-state index in [-0.39, 0.29) is 0 Å². The van der Waals surface area contributed by atoms with Gasteiger partial charge in [0.05, 0.1) is 11.0 Å². The summed E-state index contributed by atoms with van der Waals surface area (Å²) in [6.07, 6.45) is 0. The summed E-state index contributed by atoms with van der Waals surface area (Å²) < 4.78 is 3.32. The number of nitrogens with zero attached hydrogens (tertiary/aromatic N) is 4. The third-order valence-corrected chi connectivity index (χ3v) is 7.26. The van der Waals surface area contributed by atoms with Crippen molar-refractivity contribution in [3.63, 3.8) is 0 Å².